The molecule has 0 radical (unpaired) electrons. The quantitative estimate of drug-likeness (QED) is 0.483. The van der Waals surface area contributed by atoms with Gasteiger partial charge in [0.05, 0.1) is 16.2 Å². The average molecular weight is 422 g/mol. The van der Waals surface area contributed by atoms with E-state index in [1.165, 1.54) is 11.8 Å². The van der Waals surface area contributed by atoms with Crippen molar-refractivity contribution in [2.24, 2.45) is 5.73 Å². The van der Waals surface area contributed by atoms with Gasteiger partial charge in [-0.25, -0.2) is 4.98 Å². The molecule has 0 aliphatic heterocycles. The second-order valence-electron chi connectivity index (χ2n) is 6.02. The molecule has 140 valence electrons. The lowest BCUT2D eigenvalue weighted by Gasteiger charge is -2.15. The summed E-state index contributed by atoms with van der Waals surface area (Å²) in [7, 11) is 0. The number of thioether (sulfide) groups is 1. The van der Waals surface area contributed by atoms with Crippen LogP contribution in [0.2, 0.25) is 10.0 Å². The highest BCUT2D eigenvalue weighted by atomic mass is 35.5. The molecule has 5 nitrogen and oxygen atoms in total. The highest BCUT2D eigenvalue weighted by Gasteiger charge is 2.17. The Kier molecular flexibility index (Phi) is 6.09. The Bertz CT molecular complexity index is 1070. The molecule has 0 unspecified atom stereocenters. The van der Waals surface area contributed by atoms with E-state index < -0.39 is 11.2 Å². The number of amides is 1. The van der Waals surface area contributed by atoms with Gasteiger partial charge < -0.3 is 5.73 Å². The van der Waals surface area contributed by atoms with Crippen LogP contribution in [0.25, 0.3) is 10.9 Å². The Morgan fingerprint density at radius 3 is 2.70 bits per heavy atom. The molecule has 1 amide bonds. The molecule has 1 heterocycles. The summed E-state index contributed by atoms with van der Waals surface area (Å²) in [5.41, 5.74) is 6.68. The number of hydrogen-bond donors (Lipinski definition) is 1. The fourth-order valence-electron chi connectivity index (χ4n) is 2.61. The Hall–Kier alpha value is -2.02. The van der Waals surface area contributed by atoms with Crippen molar-refractivity contribution in [3.05, 3.63) is 68.4 Å². The van der Waals surface area contributed by atoms with Gasteiger partial charge in [-0.2, -0.15) is 0 Å². The summed E-state index contributed by atoms with van der Waals surface area (Å²) in [5, 5.41) is 1.57. The third-order valence-corrected chi connectivity index (χ3v) is 5.82. The van der Waals surface area contributed by atoms with Crippen molar-refractivity contribution in [1.82, 2.24) is 9.55 Å². The number of carbonyl (C=O) groups excluding carboxylic acids is 1. The molecule has 2 N–H and O–H groups in total. The van der Waals surface area contributed by atoms with Crippen LogP contribution in [-0.4, -0.2) is 20.7 Å². The van der Waals surface area contributed by atoms with E-state index in [2.05, 4.69) is 4.98 Å². The topological polar surface area (TPSA) is 78.0 Å². The minimum Gasteiger partial charge on any atom is -0.369 e. The van der Waals surface area contributed by atoms with E-state index in [0.29, 0.717) is 39.1 Å². The number of aromatic nitrogens is 2. The van der Waals surface area contributed by atoms with Crippen LogP contribution in [0.4, 0.5) is 0 Å². The molecule has 1 aromatic heterocycles. The van der Waals surface area contributed by atoms with E-state index in [0.717, 1.165) is 5.56 Å². The molecule has 1 atom stereocenters. The lowest BCUT2D eigenvalue weighted by atomic mass is 10.1. The molecule has 0 aliphatic rings. The van der Waals surface area contributed by atoms with E-state index in [9.17, 15) is 9.59 Å². The summed E-state index contributed by atoms with van der Waals surface area (Å²) < 4.78 is 1.57. The van der Waals surface area contributed by atoms with Gasteiger partial charge in [-0.15, -0.1) is 0 Å². The van der Waals surface area contributed by atoms with Gasteiger partial charge in [0.2, 0.25) is 5.91 Å². The zero-order valence-electron chi connectivity index (χ0n) is 14.5. The maximum Gasteiger partial charge on any atom is 0.262 e. The number of para-hydroxylation sites is 1. The second kappa shape index (κ2) is 8.33. The van der Waals surface area contributed by atoms with Crippen molar-refractivity contribution in [3.63, 3.8) is 0 Å². The predicted molar refractivity (Wildman–Crippen MR) is 111 cm³/mol. The van der Waals surface area contributed by atoms with E-state index in [1.54, 1.807) is 41.8 Å². The number of aryl methyl sites for hydroxylation is 1. The van der Waals surface area contributed by atoms with Crippen LogP contribution in [0.1, 0.15) is 12.5 Å². The van der Waals surface area contributed by atoms with Crippen LogP contribution in [0.3, 0.4) is 0 Å². The predicted octanol–water partition coefficient (Wildman–Crippen LogP) is 3.91. The first kappa shape index (κ1) is 19.7. The Balaban J connectivity index is 2.01. The van der Waals surface area contributed by atoms with Crippen molar-refractivity contribution < 1.29 is 4.79 Å². The number of halogens is 2. The number of fused-ring (bicyclic) bond motifs is 1. The van der Waals surface area contributed by atoms with E-state index in [1.807, 2.05) is 12.1 Å². The molecule has 0 fully saturated rings. The summed E-state index contributed by atoms with van der Waals surface area (Å²) in [4.78, 5) is 29.0. The molecular weight excluding hydrogens is 405 g/mol. The van der Waals surface area contributed by atoms with Crippen LogP contribution < -0.4 is 11.3 Å². The van der Waals surface area contributed by atoms with Gasteiger partial charge in [-0.3, -0.25) is 14.2 Å². The average Bonchev–Trinajstić information content (AvgIpc) is 2.62. The summed E-state index contributed by atoms with van der Waals surface area (Å²) in [6, 6.07) is 12.4. The summed E-state index contributed by atoms with van der Waals surface area (Å²) in [6.45, 7) is 2.06. The molecule has 8 heteroatoms. The number of nitrogens with zero attached hydrogens (tertiary/aromatic N) is 2. The smallest absolute Gasteiger partial charge is 0.262 e. The first-order valence-electron chi connectivity index (χ1n) is 8.26. The summed E-state index contributed by atoms with van der Waals surface area (Å²) in [5.74, 6) is -0.463. The van der Waals surface area contributed by atoms with E-state index in [4.69, 9.17) is 28.9 Å². The SMILES string of the molecule is C[C@@H](Sc1nc2ccccc2c(=O)n1CCc1ccc(Cl)cc1Cl)C(N)=O. The van der Waals surface area contributed by atoms with Gasteiger partial charge in [0, 0.05) is 16.6 Å². The van der Waals surface area contributed by atoms with Crippen LogP contribution >= 0.6 is 35.0 Å². The Labute approximate surface area is 170 Å². The van der Waals surface area contributed by atoms with Crippen LogP contribution in [-0.2, 0) is 17.8 Å². The Morgan fingerprint density at radius 2 is 2.00 bits per heavy atom. The number of hydrogen-bond acceptors (Lipinski definition) is 4. The number of rotatable bonds is 6. The zero-order chi connectivity index (χ0) is 19.6. The lowest BCUT2D eigenvalue weighted by Crippen LogP contribution is -2.27. The molecule has 3 rings (SSSR count). The van der Waals surface area contributed by atoms with Gasteiger partial charge in [-0.05, 0) is 43.2 Å². The fraction of sp³-hybridized carbons (Fsp3) is 0.211. The third-order valence-electron chi connectivity index (χ3n) is 4.13. The first-order valence-corrected chi connectivity index (χ1v) is 9.90. The fourth-order valence-corrected chi connectivity index (χ4v) is 4.00. The number of benzene rings is 2. The zero-order valence-corrected chi connectivity index (χ0v) is 16.8. The molecule has 27 heavy (non-hydrogen) atoms. The van der Waals surface area contributed by atoms with Crippen molar-refractivity contribution in [2.75, 3.05) is 0 Å². The molecule has 0 bridgehead atoms. The van der Waals surface area contributed by atoms with E-state index >= 15 is 0 Å². The van der Waals surface area contributed by atoms with Crippen molar-refractivity contribution in [2.45, 2.75) is 30.3 Å². The van der Waals surface area contributed by atoms with Crippen LogP contribution in [0.15, 0.2) is 52.4 Å². The van der Waals surface area contributed by atoms with E-state index in [-0.39, 0.29) is 5.56 Å². The molecule has 0 saturated heterocycles. The molecule has 2 aromatic carbocycles. The molecule has 0 spiro atoms. The Morgan fingerprint density at radius 1 is 1.26 bits per heavy atom. The largest absolute Gasteiger partial charge is 0.369 e. The van der Waals surface area contributed by atoms with Gasteiger partial charge in [-0.1, -0.05) is 53.2 Å². The molecular formula is C19H17Cl2N3O2S. The van der Waals surface area contributed by atoms with Crippen LogP contribution in [0, 0.1) is 0 Å². The number of primary amides is 1. The lowest BCUT2D eigenvalue weighted by molar-refractivity contribution is -0.117. The van der Waals surface area contributed by atoms with Gasteiger partial charge in [0.25, 0.3) is 5.56 Å². The van der Waals surface area contributed by atoms with Gasteiger partial charge >= 0.3 is 0 Å². The highest BCUT2D eigenvalue weighted by molar-refractivity contribution is 8.00. The van der Waals surface area contributed by atoms with Crippen molar-refractivity contribution in [1.29, 1.82) is 0 Å². The maximum atomic E-state index is 13.0. The summed E-state index contributed by atoms with van der Waals surface area (Å²) >= 11 is 13.4. The number of carbonyl (C=O) groups is 1. The minimum atomic E-state index is -0.511. The van der Waals surface area contributed by atoms with Crippen LogP contribution in [0.5, 0.6) is 0 Å². The molecule has 3 aromatic rings. The second-order valence-corrected chi connectivity index (χ2v) is 8.17. The molecule has 0 saturated carbocycles. The number of nitrogens with two attached hydrogens (primary N) is 1. The van der Waals surface area contributed by atoms with Gasteiger partial charge in [0.15, 0.2) is 5.16 Å². The maximum absolute atomic E-state index is 13.0. The standard InChI is InChI=1S/C19H17Cl2N3O2S/c1-11(17(22)25)27-19-23-16-5-3-2-4-14(16)18(26)24(19)9-8-12-6-7-13(20)10-15(12)21/h2-7,10-11H,8-9H2,1H3,(H2,22,25)/t11-/m1/s1. The van der Waals surface area contributed by atoms with Crippen molar-refractivity contribution >= 4 is 51.8 Å². The van der Waals surface area contributed by atoms with Gasteiger partial charge in [0.1, 0.15) is 0 Å². The normalized spacial score (nSPS) is 12.3. The third kappa shape index (κ3) is 4.46. The first-order chi connectivity index (χ1) is 12.9. The minimum absolute atomic E-state index is 0.162. The monoisotopic (exact) mass is 421 g/mol. The highest BCUT2D eigenvalue weighted by Crippen LogP contribution is 2.24. The van der Waals surface area contributed by atoms with Crippen molar-refractivity contribution in [3.8, 4) is 0 Å². The molecule has 0 aliphatic carbocycles. The summed E-state index contributed by atoms with van der Waals surface area (Å²) in [6.07, 6.45) is 0.522.